The zero-order valence-corrected chi connectivity index (χ0v) is 10.5. The van der Waals surface area contributed by atoms with Crippen molar-refractivity contribution in [1.29, 1.82) is 0 Å². The first-order valence-electron chi connectivity index (χ1n) is 5.47. The van der Waals surface area contributed by atoms with E-state index in [0.717, 1.165) is 5.56 Å². The predicted molar refractivity (Wildman–Crippen MR) is 72.4 cm³/mol. The SMILES string of the molecule is O=P(O)(/C=C/c1ccccc1)Oc1ccccc1. The largest absolute Gasteiger partial charge is 0.422 e. The first-order chi connectivity index (χ1) is 8.66. The van der Waals surface area contributed by atoms with Gasteiger partial charge in [-0.05, 0) is 23.8 Å². The van der Waals surface area contributed by atoms with Crippen LogP contribution in [0.15, 0.2) is 66.5 Å². The molecule has 0 radical (unpaired) electrons. The fourth-order valence-corrected chi connectivity index (χ4v) is 2.25. The molecule has 0 heterocycles. The monoisotopic (exact) mass is 260 g/mol. The van der Waals surface area contributed by atoms with Gasteiger partial charge in [-0.25, -0.2) is 4.57 Å². The average molecular weight is 260 g/mol. The standard InChI is InChI=1S/C14H13O3P/c15-18(16,17-14-9-5-2-6-10-14)12-11-13-7-3-1-4-8-13/h1-12H,(H,15,16)/b12-11+. The van der Waals surface area contributed by atoms with E-state index in [2.05, 4.69) is 0 Å². The molecule has 0 amide bonds. The van der Waals surface area contributed by atoms with Crippen LogP contribution in [0.3, 0.4) is 0 Å². The third-order valence-corrected chi connectivity index (χ3v) is 3.23. The number of rotatable bonds is 4. The van der Waals surface area contributed by atoms with Crippen molar-refractivity contribution in [2.24, 2.45) is 0 Å². The predicted octanol–water partition coefficient (Wildman–Crippen LogP) is 3.92. The molecule has 0 aliphatic heterocycles. The molecule has 3 nitrogen and oxygen atoms in total. The molecular formula is C14H13O3P. The fourth-order valence-electron chi connectivity index (χ4n) is 1.41. The van der Waals surface area contributed by atoms with Gasteiger partial charge in [0.15, 0.2) is 0 Å². The van der Waals surface area contributed by atoms with Crippen LogP contribution in [0.5, 0.6) is 5.75 Å². The molecule has 0 bridgehead atoms. The Kier molecular flexibility index (Phi) is 3.98. The maximum Gasteiger partial charge on any atom is 0.401 e. The lowest BCUT2D eigenvalue weighted by molar-refractivity contribution is 0.392. The number of hydrogen-bond acceptors (Lipinski definition) is 2. The summed E-state index contributed by atoms with van der Waals surface area (Å²) in [6, 6.07) is 17.9. The number of benzene rings is 2. The highest BCUT2D eigenvalue weighted by Crippen LogP contribution is 2.44. The van der Waals surface area contributed by atoms with Gasteiger partial charge in [0.1, 0.15) is 5.75 Å². The Morgan fingerprint density at radius 2 is 1.50 bits per heavy atom. The van der Waals surface area contributed by atoms with E-state index >= 15 is 0 Å². The van der Waals surface area contributed by atoms with E-state index in [9.17, 15) is 9.46 Å². The summed E-state index contributed by atoms with van der Waals surface area (Å²) in [5.74, 6) is 1.57. The maximum atomic E-state index is 11.8. The van der Waals surface area contributed by atoms with E-state index in [4.69, 9.17) is 4.52 Å². The van der Waals surface area contributed by atoms with Crippen molar-refractivity contribution in [1.82, 2.24) is 0 Å². The maximum absolute atomic E-state index is 11.8. The summed E-state index contributed by atoms with van der Waals surface area (Å²) in [6.07, 6.45) is 1.57. The van der Waals surface area contributed by atoms with Crippen LogP contribution in [0.2, 0.25) is 0 Å². The molecule has 1 N–H and O–H groups in total. The van der Waals surface area contributed by atoms with E-state index in [1.165, 1.54) is 5.82 Å². The summed E-state index contributed by atoms with van der Waals surface area (Å²) in [6.45, 7) is 0. The number of para-hydroxylation sites is 1. The minimum Gasteiger partial charge on any atom is -0.422 e. The van der Waals surface area contributed by atoms with Crippen molar-refractivity contribution in [2.45, 2.75) is 0 Å². The van der Waals surface area contributed by atoms with Crippen molar-refractivity contribution in [3.63, 3.8) is 0 Å². The lowest BCUT2D eigenvalue weighted by atomic mass is 10.2. The van der Waals surface area contributed by atoms with Crippen LogP contribution in [-0.4, -0.2) is 4.89 Å². The smallest absolute Gasteiger partial charge is 0.401 e. The molecule has 1 atom stereocenters. The summed E-state index contributed by atoms with van der Waals surface area (Å²) >= 11 is 0. The van der Waals surface area contributed by atoms with E-state index in [-0.39, 0.29) is 0 Å². The molecule has 0 saturated carbocycles. The van der Waals surface area contributed by atoms with Crippen LogP contribution in [0.1, 0.15) is 5.56 Å². The molecule has 4 heteroatoms. The van der Waals surface area contributed by atoms with Crippen LogP contribution >= 0.6 is 7.60 Å². The molecule has 0 fully saturated rings. The summed E-state index contributed by atoms with van der Waals surface area (Å²) in [5, 5.41) is 0. The van der Waals surface area contributed by atoms with Crippen LogP contribution in [-0.2, 0) is 4.57 Å². The molecule has 0 aliphatic rings. The van der Waals surface area contributed by atoms with Gasteiger partial charge < -0.3 is 9.42 Å². The van der Waals surface area contributed by atoms with Crippen molar-refractivity contribution >= 4 is 13.7 Å². The topological polar surface area (TPSA) is 46.5 Å². The minimum atomic E-state index is -3.76. The summed E-state index contributed by atoms with van der Waals surface area (Å²) < 4.78 is 16.9. The molecule has 0 saturated heterocycles. The first-order valence-corrected chi connectivity index (χ1v) is 7.12. The summed E-state index contributed by atoms with van der Waals surface area (Å²) in [7, 11) is -3.76. The molecule has 1 unspecified atom stereocenters. The van der Waals surface area contributed by atoms with Crippen molar-refractivity contribution in [3.8, 4) is 5.75 Å². The quantitative estimate of drug-likeness (QED) is 0.847. The van der Waals surface area contributed by atoms with Gasteiger partial charge in [0.2, 0.25) is 0 Å². The molecule has 2 aromatic rings. The summed E-state index contributed by atoms with van der Waals surface area (Å²) in [5.41, 5.74) is 0.850. The molecular weight excluding hydrogens is 247 g/mol. The first kappa shape index (κ1) is 12.6. The van der Waals surface area contributed by atoms with Crippen LogP contribution in [0.4, 0.5) is 0 Å². The normalized spacial score (nSPS) is 14.3. The van der Waals surface area contributed by atoms with E-state index in [1.54, 1.807) is 30.3 Å². The highest BCUT2D eigenvalue weighted by Gasteiger charge is 2.15. The second-order valence-corrected chi connectivity index (χ2v) is 5.30. The van der Waals surface area contributed by atoms with E-state index in [0.29, 0.717) is 5.75 Å². The van der Waals surface area contributed by atoms with Crippen molar-refractivity contribution in [2.75, 3.05) is 0 Å². The van der Waals surface area contributed by atoms with Gasteiger partial charge in [-0.3, -0.25) is 0 Å². The Morgan fingerprint density at radius 3 is 2.11 bits per heavy atom. The zero-order chi connectivity index (χ0) is 12.8. The second kappa shape index (κ2) is 5.67. The average Bonchev–Trinajstić information content (AvgIpc) is 2.38. The van der Waals surface area contributed by atoms with Crippen molar-refractivity contribution in [3.05, 3.63) is 72.0 Å². The van der Waals surface area contributed by atoms with Gasteiger partial charge in [-0.2, -0.15) is 0 Å². The molecule has 0 aliphatic carbocycles. The Bertz CT molecular complexity index is 564. The molecule has 0 spiro atoms. The van der Waals surface area contributed by atoms with Crippen molar-refractivity contribution < 1.29 is 14.0 Å². The molecule has 92 valence electrons. The third kappa shape index (κ3) is 3.88. The van der Waals surface area contributed by atoms with Gasteiger partial charge in [-0.1, -0.05) is 48.5 Å². The Hall–Kier alpha value is -1.83. The third-order valence-electron chi connectivity index (χ3n) is 2.23. The van der Waals surface area contributed by atoms with Crippen LogP contribution in [0, 0.1) is 0 Å². The summed E-state index contributed by atoms with van der Waals surface area (Å²) in [4.78, 5) is 9.68. The molecule has 2 rings (SSSR count). The molecule has 18 heavy (non-hydrogen) atoms. The van der Waals surface area contributed by atoms with Gasteiger partial charge in [-0.15, -0.1) is 0 Å². The van der Waals surface area contributed by atoms with E-state index < -0.39 is 7.60 Å². The minimum absolute atomic E-state index is 0.376. The number of hydrogen-bond donors (Lipinski definition) is 1. The molecule has 2 aromatic carbocycles. The van der Waals surface area contributed by atoms with E-state index in [1.807, 2.05) is 36.4 Å². The van der Waals surface area contributed by atoms with Crippen LogP contribution < -0.4 is 4.52 Å². The lowest BCUT2D eigenvalue weighted by Crippen LogP contribution is -1.88. The van der Waals surface area contributed by atoms with Gasteiger partial charge in [0.05, 0.1) is 0 Å². The highest BCUT2D eigenvalue weighted by molar-refractivity contribution is 7.56. The Labute approximate surface area is 106 Å². The highest BCUT2D eigenvalue weighted by atomic mass is 31.2. The fraction of sp³-hybridized carbons (Fsp3) is 0. The second-order valence-electron chi connectivity index (χ2n) is 3.69. The Morgan fingerprint density at radius 1 is 0.944 bits per heavy atom. The molecule has 0 aromatic heterocycles. The van der Waals surface area contributed by atoms with Gasteiger partial charge in [0.25, 0.3) is 0 Å². The van der Waals surface area contributed by atoms with Gasteiger partial charge >= 0.3 is 7.60 Å². The van der Waals surface area contributed by atoms with Crippen LogP contribution in [0.25, 0.3) is 6.08 Å². The Balaban J connectivity index is 2.08. The zero-order valence-electron chi connectivity index (χ0n) is 9.64. The van der Waals surface area contributed by atoms with Gasteiger partial charge in [0, 0.05) is 5.82 Å². The lowest BCUT2D eigenvalue weighted by Gasteiger charge is -2.09.